The van der Waals surface area contributed by atoms with Gasteiger partial charge in [-0.1, -0.05) is 0 Å². The van der Waals surface area contributed by atoms with E-state index in [1.54, 1.807) is 36.5 Å². The minimum Gasteiger partial charge on any atom is -0.461 e. The van der Waals surface area contributed by atoms with Gasteiger partial charge in [0.25, 0.3) is 0 Å². The molecule has 5 aromatic rings. The first kappa shape index (κ1) is 24.4. The van der Waals surface area contributed by atoms with Gasteiger partial charge >= 0.3 is 6.03 Å². The van der Waals surface area contributed by atoms with Crippen LogP contribution >= 0.6 is 0 Å². The van der Waals surface area contributed by atoms with Crippen LogP contribution in [-0.4, -0.2) is 26.9 Å². The molecule has 0 saturated carbocycles. The van der Waals surface area contributed by atoms with E-state index in [1.165, 1.54) is 25.1 Å². The molecule has 0 radical (unpaired) electrons. The number of halogens is 1. The first-order valence-corrected chi connectivity index (χ1v) is 11.5. The number of benzene rings is 2. The normalized spacial score (nSPS) is 10.8. The molecule has 0 aliphatic carbocycles. The average molecular weight is 512 g/mol. The number of urea groups is 1. The number of carbonyl (C=O) groups excluding carboxylic acids is 2. The zero-order valence-electron chi connectivity index (χ0n) is 20.4. The predicted molar refractivity (Wildman–Crippen MR) is 143 cm³/mol. The smallest absolute Gasteiger partial charge is 0.323 e. The molecule has 190 valence electrons. The lowest BCUT2D eigenvalue weighted by molar-refractivity contribution is -0.114. The van der Waals surface area contributed by atoms with Crippen LogP contribution in [0.5, 0.6) is 0 Å². The minimum absolute atomic E-state index is 0.0809. The molecule has 5 N–H and O–H groups in total. The van der Waals surface area contributed by atoms with E-state index < -0.39 is 11.8 Å². The lowest BCUT2D eigenvalue weighted by Crippen LogP contribution is -2.19. The van der Waals surface area contributed by atoms with E-state index in [2.05, 4.69) is 30.9 Å². The highest BCUT2D eigenvalue weighted by Crippen LogP contribution is 2.29. The standard InChI is InChI=1S/C27H22FN7O3/c1-14-3-10-23(38-14)16-11-22-24(30-13-16)25(29)35-26(34-22)20-9-8-19(12-21(20)28)33-27(37)32-18-6-4-17(5-7-18)31-15(2)36/h3-13H,1-2H3,(H,31,36)(H2,29,34,35)(H2,32,33,37). The van der Waals surface area contributed by atoms with Crippen molar-refractivity contribution in [2.24, 2.45) is 0 Å². The Morgan fingerprint density at radius 2 is 1.58 bits per heavy atom. The summed E-state index contributed by atoms with van der Waals surface area (Å²) in [6.45, 7) is 3.25. The summed E-state index contributed by atoms with van der Waals surface area (Å²) < 4.78 is 20.7. The number of amides is 3. The second-order valence-corrected chi connectivity index (χ2v) is 8.47. The molecular weight excluding hydrogens is 489 g/mol. The monoisotopic (exact) mass is 511 g/mol. The summed E-state index contributed by atoms with van der Waals surface area (Å²) in [6.07, 6.45) is 1.61. The van der Waals surface area contributed by atoms with Crippen LogP contribution in [0.2, 0.25) is 0 Å². The van der Waals surface area contributed by atoms with Gasteiger partial charge in [0.15, 0.2) is 11.6 Å². The van der Waals surface area contributed by atoms with Gasteiger partial charge in [0, 0.05) is 35.7 Å². The molecule has 38 heavy (non-hydrogen) atoms. The van der Waals surface area contributed by atoms with Crippen LogP contribution in [0.4, 0.5) is 32.1 Å². The van der Waals surface area contributed by atoms with E-state index >= 15 is 4.39 Å². The molecule has 2 aromatic carbocycles. The number of aryl methyl sites for hydroxylation is 1. The third-order valence-electron chi connectivity index (χ3n) is 5.52. The summed E-state index contributed by atoms with van der Waals surface area (Å²) >= 11 is 0. The Balaban J connectivity index is 1.34. The molecule has 0 bridgehead atoms. The third-order valence-corrected chi connectivity index (χ3v) is 5.52. The second-order valence-electron chi connectivity index (χ2n) is 8.47. The Morgan fingerprint density at radius 1 is 0.895 bits per heavy atom. The number of aromatic nitrogens is 3. The van der Waals surface area contributed by atoms with Crippen LogP contribution in [0.25, 0.3) is 33.7 Å². The number of nitrogens with two attached hydrogens (primary N) is 1. The number of hydrogen-bond acceptors (Lipinski definition) is 7. The third kappa shape index (κ3) is 5.26. The fourth-order valence-corrected chi connectivity index (χ4v) is 3.79. The highest BCUT2D eigenvalue weighted by Gasteiger charge is 2.15. The molecule has 11 heteroatoms. The molecule has 10 nitrogen and oxygen atoms in total. The van der Waals surface area contributed by atoms with Crippen molar-refractivity contribution in [1.29, 1.82) is 0 Å². The van der Waals surface area contributed by atoms with Crippen LogP contribution in [0, 0.1) is 12.7 Å². The van der Waals surface area contributed by atoms with E-state index in [0.717, 1.165) is 5.76 Å². The zero-order chi connectivity index (χ0) is 26.8. The van der Waals surface area contributed by atoms with Crippen LogP contribution in [0.15, 0.2) is 71.3 Å². The molecule has 0 aliphatic heterocycles. The van der Waals surface area contributed by atoms with Gasteiger partial charge in [-0.15, -0.1) is 0 Å². The van der Waals surface area contributed by atoms with Gasteiger partial charge in [0.2, 0.25) is 5.91 Å². The first-order chi connectivity index (χ1) is 18.2. The second kappa shape index (κ2) is 9.97. The number of hydrogen-bond donors (Lipinski definition) is 4. The number of nitrogen functional groups attached to an aromatic ring is 1. The first-order valence-electron chi connectivity index (χ1n) is 11.5. The van der Waals surface area contributed by atoms with Crippen molar-refractivity contribution in [3.8, 4) is 22.7 Å². The summed E-state index contributed by atoms with van der Waals surface area (Å²) in [5, 5.41) is 7.86. The van der Waals surface area contributed by atoms with Crippen LogP contribution in [-0.2, 0) is 4.79 Å². The summed E-state index contributed by atoms with van der Waals surface area (Å²) in [7, 11) is 0. The van der Waals surface area contributed by atoms with Crippen LogP contribution < -0.4 is 21.7 Å². The van der Waals surface area contributed by atoms with E-state index in [0.29, 0.717) is 33.7 Å². The maximum atomic E-state index is 15.1. The maximum absolute atomic E-state index is 15.1. The van der Waals surface area contributed by atoms with Gasteiger partial charge in [-0.05, 0) is 67.6 Å². The number of nitrogens with zero attached hydrogens (tertiary/aromatic N) is 3. The number of nitrogens with one attached hydrogen (secondary N) is 3. The number of furan rings is 1. The van der Waals surface area contributed by atoms with E-state index in [9.17, 15) is 9.59 Å². The van der Waals surface area contributed by atoms with E-state index in [1.807, 2.05) is 19.1 Å². The molecular formula is C27H22FN7O3. The molecule has 3 heterocycles. The Morgan fingerprint density at radius 3 is 2.24 bits per heavy atom. The Labute approximate surface area is 216 Å². The van der Waals surface area contributed by atoms with Crippen molar-refractivity contribution in [2.45, 2.75) is 13.8 Å². The maximum Gasteiger partial charge on any atom is 0.323 e. The number of anilines is 4. The van der Waals surface area contributed by atoms with E-state index in [-0.39, 0.29) is 28.8 Å². The van der Waals surface area contributed by atoms with Gasteiger partial charge in [0.05, 0.1) is 11.1 Å². The molecule has 0 spiro atoms. The van der Waals surface area contributed by atoms with Gasteiger partial charge in [-0.2, -0.15) is 0 Å². The van der Waals surface area contributed by atoms with Crippen molar-refractivity contribution in [2.75, 3.05) is 21.7 Å². The van der Waals surface area contributed by atoms with Crippen molar-refractivity contribution in [1.82, 2.24) is 15.0 Å². The summed E-state index contributed by atoms with van der Waals surface area (Å²) in [5.74, 6) is 0.726. The Kier molecular flexibility index (Phi) is 6.40. The molecule has 0 saturated heterocycles. The fourth-order valence-electron chi connectivity index (χ4n) is 3.79. The number of fused-ring (bicyclic) bond motifs is 1. The molecule has 0 unspecified atom stereocenters. The quantitative estimate of drug-likeness (QED) is 0.241. The number of pyridine rings is 1. The van der Waals surface area contributed by atoms with Gasteiger partial charge in [0.1, 0.15) is 22.9 Å². The highest BCUT2D eigenvalue weighted by atomic mass is 19.1. The van der Waals surface area contributed by atoms with Gasteiger partial charge in [-0.25, -0.2) is 24.1 Å². The number of carbonyl (C=O) groups is 2. The van der Waals surface area contributed by atoms with Crippen molar-refractivity contribution in [3.63, 3.8) is 0 Å². The Bertz CT molecular complexity index is 1680. The lowest BCUT2D eigenvalue weighted by atomic mass is 10.1. The molecule has 3 amide bonds. The highest BCUT2D eigenvalue weighted by molar-refractivity contribution is 6.00. The average Bonchev–Trinajstić information content (AvgIpc) is 3.31. The van der Waals surface area contributed by atoms with Crippen molar-refractivity contribution >= 4 is 45.9 Å². The predicted octanol–water partition coefficient (Wildman–Crippen LogP) is 5.58. The van der Waals surface area contributed by atoms with Crippen LogP contribution in [0.3, 0.4) is 0 Å². The fraction of sp³-hybridized carbons (Fsp3) is 0.0741. The molecule has 0 aliphatic rings. The topological polar surface area (TPSA) is 148 Å². The summed E-state index contributed by atoms with van der Waals surface area (Å²) in [4.78, 5) is 36.5. The zero-order valence-corrected chi connectivity index (χ0v) is 20.4. The molecule has 0 atom stereocenters. The lowest BCUT2D eigenvalue weighted by Gasteiger charge is -2.10. The molecule has 5 rings (SSSR count). The minimum atomic E-state index is -0.646. The number of rotatable bonds is 5. The largest absolute Gasteiger partial charge is 0.461 e. The van der Waals surface area contributed by atoms with Crippen molar-refractivity contribution in [3.05, 3.63) is 78.4 Å². The summed E-state index contributed by atoms with van der Waals surface area (Å²) in [6, 6.07) is 15.6. The molecule has 3 aromatic heterocycles. The Hall–Kier alpha value is -5.32. The molecule has 0 fully saturated rings. The van der Waals surface area contributed by atoms with Gasteiger partial charge < -0.3 is 26.1 Å². The summed E-state index contributed by atoms with van der Waals surface area (Å²) in [5.41, 5.74) is 9.04. The van der Waals surface area contributed by atoms with Crippen molar-refractivity contribution < 1.29 is 18.4 Å². The van der Waals surface area contributed by atoms with Crippen LogP contribution in [0.1, 0.15) is 12.7 Å². The van der Waals surface area contributed by atoms with Gasteiger partial charge in [-0.3, -0.25) is 4.79 Å². The van der Waals surface area contributed by atoms with E-state index in [4.69, 9.17) is 10.2 Å². The SMILES string of the molecule is CC(=O)Nc1ccc(NC(=O)Nc2ccc(-c3nc(N)c4ncc(-c5ccc(C)o5)cc4n3)c(F)c2)cc1.